The van der Waals surface area contributed by atoms with Crippen molar-refractivity contribution in [3.05, 3.63) is 17.5 Å². The lowest BCUT2D eigenvalue weighted by molar-refractivity contribution is -0.137. The minimum atomic E-state index is -0.832. The molecule has 1 atom stereocenters. The molecule has 5 nitrogen and oxygen atoms in total. The van der Waals surface area contributed by atoms with Crippen molar-refractivity contribution in [1.82, 2.24) is 9.97 Å². The van der Waals surface area contributed by atoms with Gasteiger partial charge in [-0.25, -0.2) is 9.97 Å². The van der Waals surface area contributed by atoms with E-state index >= 15 is 0 Å². The second kappa shape index (κ2) is 5.61. The van der Waals surface area contributed by atoms with Crippen LogP contribution >= 0.6 is 0 Å². The third kappa shape index (κ3) is 4.38. The van der Waals surface area contributed by atoms with Crippen molar-refractivity contribution in [1.29, 1.82) is 0 Å². The number of anilines is 1. The number of aromatic nitrogens is 2. The standard InChI is InChI=1S/C12H19N3O2/c1-7(2)10-5-8(3)13-12(15-10)14-9(4)6-11(16)17/h5,7,9H,6H2,1-4H3,(H,16,17)(H,13,14,15). The van der Waals surface area contributed by atoms with Gasteiger partial charge in [0.1, 0.15) is 0 Å². The lowest BCUT2D eigenvalue weighted by atomic mass is 10.1. The zero-order valence-electron chi connectivity index (χ0n) is 10.7. The Morgan fingerprint density at radius 1 is 1.41 bits per heavy atom. The van der Waals surface area contributed by atoms with Crippen molar-refractivity contribution in [2.45, 2.75) is 46.1 Å². The zero-order chi connectivity index (χ0) is 13.0. The molecular formula is C12H19N3O2. The molecule has 0 aliphatic heterocycles. The summed E-state index contributed by atoms with van der Waals surface area (Å²) in [6, 6.07) is 1.76. The van der Waals surface area contributed by atoms with Gasteiger partial charge in [0.05, 0.1) is 6.42 Å². The lowest BCUT2D eigenvalue weighted by Gasteiger charge is -2.14. The van der Waals surface area contributed by atoms with Gasteiger partial charge in [-0.2, -0.15) is 0 Å². The van der Waals surface area contributed by atoms with E-state index in [1.807, 2.05) is 13.0 Å². The Hall–Kier alpha value is -1.65. The van der Waals surface area contributed by atoms with Crippen molar-refractivity contribution in [2.75, 3.05) is 5.32 Å². The van der Waals surface area contributed by atoms with Crippen LogP contribution in [0, 0.1) is 6.92 Å². The molecule has 0 spiro atoms. The van der Waals surface area contributed by atoms with E-state index in [1.54, 1.807) is 6.92 Å². The third-order valence-corrected chi connectivity index (χ3v) is 2.32. The second-order valence-electron chi connectivity index (χ2n) is 4.56. The van der Waals surface area contributed by atoms with Gasteiger partial charge in [-0.05, 0) is 25.8 Å². The molecule has 0 radical (unpaired) electrons. The molecule has 94 valence electrons. The molecule has 0 fully saturated rings. The van der Waals surface area contributed by atoms with Gasteiger partial charge in [0.25, 0.3) is 0 Å². The Labute approximate surface area is 101 Å². The van der Waals surface area contributed by atoms with Gasteiger partial charge in [-0.1, -0.05) is 13.8 Å². The summed E-state index contributed by atoms with van der Waals surface area (Å²) in [5.41, 5.74) is 1.84. The second-order valence-corrected chi connectivity index (χ2v) is 4.56. The third-order valence-electron chi connectivity index (χ3n) is 2.32. The van der Waals surface area contributed by atoms with E-state index in [-0.39, 0.29) is 12.5 Å². The van der Waals surface area contributed by atoms with E-state index in [9.17, 15) is 4.79 Å². The summed E-state index contributed by atoms with van der Waals surface area (Å²) in [5.74, 6) is -0.00350. The average molecular weight is 237 g/mol. The summed E-state index contributed by atoms with van der Waals surface area (Å²) in [6.45, 7) is 7.83. The topological polar surface area (TPSA) is 75.1 Å². The van der Waals surface area contributed by atoms with Crippen molar-refractivity contribution in [2.24, 2.45) is 0 Å². The van der Waals surface area contributed by atoms with Crippen LogP contribution in [0.25, 0.3) is 0 Å². The van der Waals surface area contributed by atoms with E-state index in [0.29, 0.717) is 11.9 Å². The van der Waals surface area contributed by atoms with Crippen LogP contribution in [0.1, 0.15) is 44.5 Å². The normalized spacial score (nSPS) is 12.5. The Bertz CT molecular complexity index is 405. The molecule has 17 heavy (non-hydrogen) atoms. The fourth-order valence-electron chi connectivity index (χ4n) is 1.49. The van der Waals surface area contributed by atoms with Crippen LogP contribution in [0.2, 0.25) is 0 Å². The Morgan fingerprint density at radius 3 is 2.59 bits per heavy atom. The SMILES string of the molecule is Cc1cc(C(C)C)nc(NC(C)CC(=O)O)n1. The summed E-state index contributed by atoms with van der Waals surface area (Å²) >= 11 is 0. The van der Waals surface area contributed by atoms with Crippen LogP contribution in [-0.2, 0) is 4.79 Å². The van der Waals surface area contributed by atoms with Gasteiger partial charge in [-0.3, -0.25) is 4.79 Å². The Balaban J connectivity index is 2.80. The van der Waals surface area contributed by atoms with Crippen molar-refractivity contribution in [3.63, 3.8) is 0 Å². The summed E-state index contributed by atoms with van der Waals surface area (Å²) in [4.78, 5) is 19.2. The summed E-state index contributed by atoms with van der Waals surface area (Å²) in [5, 5.41) is 11.7. The number of hydrogen-bond donors (Lipinski definition) is 2. The highest BCUT2D eigenvalue weighted by molar-refractivity contribution is 5.68. The highest BCUT2D eigenvalue weighted by Gasteiger charge is 2.10. The Morgan fingerprint density at radius 2 is 2.06 bits per heavy atom. The molecule has 0 amide bonds. The molecule has 0 saturated carbocycles. The maximum atomic E-state index is 10.6. The van der Waals surface area contributed by atoms with Crippen molar-refractivity contribution in [3.8, 4) is 0 Å². The van der Waals surface area contributed by atoms with E-state index in [2.05, 4.69) is 29.1 Å². The first kappa shape index (κ1) is 13.4. The van der Waals surface area contributed by atoms with Gasteiger partial charge in [-0.15, -0.1) is 0 Å². The first-order valence-electron chi connectivity index (χ1n) is 5.72. The van der Waals surface area contributed by atoms with Crippen LogP contribution in [0.15, 0.2) is 6.07 Å². The highest BCUT2D eigenvalue weighted by atomic mass is 16.4. The number of carboxylic acid groups (broad SMARTS) is 1. The molecule has 0 aromatic carbocycles. The van der Waals surface area contributed by atoms with Crippen LogP contribution in [0.3, 0.4) is 0 Å². The molecule has 1 rings (SSSR count). The zero-order valence-corrected chi connectivity index (χ0v) is 10.7. The maximum absolute atomic E-state index is 10.6. The van der Waals surface area contributed by atoms with Crippen LogP contribution in [0.4, 0.5) is 5.95 Å². The predicted octanol–water partition coefficient (Wildman–Crippen LogP) is 2.18. The van der Waals surface area contributed by atoms with Gasteiger partial charge >= 0.3 is 5.97 Å². The first-order valence-corrected chi connectivity index (χ1v) is 5.72. The fourth-order valence-corrected chi connectivity index (χ4v) is 1.49. The molecule has 5 heteroatoms. The van der Waals surface area contributed by atoms with Crippen LogP contribution < -0.4 is 5.32 Å². The van der Waals surface area contributed by atoms with Crippen LogP contribution in [0.5, 0.6) is 0 Å². The number of nitrogens with one attached hydrogen (secondary N) is 1. The van der Waals surface area contributed by atoms with Gasteiger partial charge in [0.15, 0.2) is 0 Å². The maximum Gasteiger partial charge on any atom is 0.305 e. The quantitative estimate of drug-likeness (QED) is 0.821. The summed E-state index contributed by atoms with van der Waals surface area (Å²) < 4.78 is 0. The average Bonchev–Trinajstić information content (AvgIpc) is 2.14. The molecule has 0 bridgehead atoms. The summed E-state index contributed by atoms with van der Waals surface area (Å²) in [7, 11) is 0. The molecule has 0 aliphatic carbocycles. The number of aryl methyl sites for hydroxylation is 1. The molecule has 0 aliphatic rings. The minimum Gasteiger partial charge on any atom is -0.481 e. The molecule has 1 aromatic rings. The monoisotopic (exact) mass is 237 g/mol. The van der Waals surface area contributed by atoms with Gasteiger partial charge in [0.2, 0.25) is 5.95 Å². The van der Waals surface area contributed by atoms with E-state index < -0.39 is 5.97 Å². The number of hydrogen-bond acceptors (Lipinski definition) is 4. The number of rotatable bonds is 5. The van der Waals surface area contributed by atoms with Gasteiger partial charge < -0.3 is 10.4 Å². The predicted molar refractivity (Wildman–Crippen MR) is 66.2 cm³/mol. The Kier molecular flexibility index (Phi) is 4.43. The largest absolute Gasteiger partial charge is 0.481 e. The molecule has 2 N–H and O–H groups in total. The molecule has 1 heterocycles. The highest BCUT2D eigenvalue weighted by Crippen LogP contribution is 2.15. The van der Waals surface area contributed by atoms with E-state index in [1.165, 1.54) is 0 Å². The number of aliphatic carboxylic acids is 1. The fraction of sp³-hybridized carbons (Fsp3) is 0.583. The minimum absolute atomic E-state index is 0.0499. The lowest BCUT2D eigenvalue weighted by Crippen LogP contribution is -2.21. The molecule has 1 aromatic heterocycles. The number of nitrogens with zero attached hydrogens (tertiary/aromatic N) is 2. The van der Waals surface area contributed by atoms with Gasteiger partial charge in [0, 0.05) is 17.4 Å². The molecule has 0 saturated heterocycles. The molecular weight excluding hydrogens is 218 g/mol. The first-order chi connectivity index (χ1) is 7.88. The van der Waals surface area contributed by atoms with Crippen molar-refractivity contribution >= 4 is 11.9 Å². The number of carboxylic acids is 1. The van der Waals surface area contributed by atoms with E-state index in [0.717, 1.165) is 11.4 Å². The number of carbonyl (C=O) groups is 1. The van der Waals surface area contributed by atoms with Crippen molar-refractivity contribution < 1.29 is 9.90 Å². The summed E-state index contributed by atoms with van der Waals surface area (Å²) in [6.07, 6.45) is 0.0499. The van der Waals surface area contributed by atoms with Crippen LogP contribution in [-0.4, -0.2) is 27.1 Å². The van der Waals surface area contributed by atoms with E-state index in [4.69, 9.17) is 5.11 Å². The molecule has 1 unspecified atom stereocenters. The smallest absolute Gasteiger partial charge is 0.305 e.